The van der Waals surface area contributed by atoms with Gasteiger partial charge in [-0.2, -0.15) is 0 Å². The van der Waals surface area contributed by atoms with Crippen LogP contribution < -0.4 is 0 Å². The Kier molecular flexibility index (Phi) is 7.55. The summed E-state index contributed by atoms with van der Waals surface area (Å²) in [5.41, 5.74) is 2.53. The van der Waals surface area contributed by atoms with Crippen LogP contribution in [0, 0.1) is 0 Å². The van der Waals surface area contributed by atoms with Crippen LogP contribution in [0.3, 0.4) is 0 Å². The highest BCUT2D eigenvalue weighted by Crippen LogP contribution is 2.24. The molecular formula is C17H28O. The summed E-state index contributed by atoms with van der Waals surface area (Å²) < 4.78 is 0. The topological polar surface area (TPSA) is 20.2 Å². The zero-order valence-electron chi connectivity index (χ0n) is 12.0. The van der Waals surface area contributed by atoms with Crippen LogP contribution in [-0.2, 0) is 12.8 Å². The van der Waals surface area contributed by atoms with Gasteiger partial charge in [0.1, 0.15) is 5.75 Å². The summed E-state index contributed by atoms with van der Waals surface area (Å²) in [6, 6.07) is 5.95. The van der Waals surface area contributed by atoms with E-state index < -0.39 is 0 Å². The number of hydrogen-bond donors (Lipinski definition) is 1. The van der Waals surface area contributed by atoms with Gasteiger partial charge < -0.3 is 5.11 Å². The molecular weight excluding hydrogens is 220 g/mol. The van der Waals surface area contributed by atoms with Crippen molar-refractivity contribution >= 4 is 0 Å². The standard InChI is InChI=1S/C17H28O/c1-3-5-6-7-8-9-13-16-15(11-4-2)12-10-14-17(16)18/h10,12,14,18H,3-9,11,13H2,1-2H3. The van der Waals surface area contributed by atoms with Crippen molar-refractivity contribution in [3.05, 3.63) is 29.3 Å². The fourth-order valence-electron chi connectivity index (χ4n) is 2.50. The van der Waals surface area contributed by atoms with Crippen molar-refractivity contribution in [2.24, 2.45) is 0 Å². The van der Waals surface area contributed by atoms with E-state index in [1.807, 2.05) is 12.1 Å². The van der Waals surface area contributed by atoms with Gasteiger partial charge in [0.15, 0.2) is 0 Å². The lowest BCUT2D eigenvalue weighted by Crippen LogP contribution is -1.95. The Morgan fingerprint density at radius 1 is 0.833 bits per heavy atom. The van der Waals surface area contributed by atoms with Crippen LogP contribution in [0.5, 0.6) is 5.75 Å². The summed E-state index contributed by atoms with van der Waals surface area (Å²) in [6.45, 7) is 4.44. The quantitative estimate of drug-likeness (QED) is 0.592. The van der Waals surface area contributed by atoms with E-state index in [0.29, 0.717) is 5.75 Å². The maximum atomic E-state index is 9.96. The molecule has 1 rings (SSSR count). The van der Waals surface area contributed by atoms with Gasteiger partial charge in [0, 0.05) is 0 Å². The first-order valence-corrected chi connectivity index (χ1v) is 7.59. The number of unbranched alkanes of at least 4 members (excludes halogenated alkanes) is 5. The van der Waals surface area contributed by atoms with E-state index in [0.717, 1.165) is 19.3 Å². The summed E-state index contributed by atoms with van der Waals surface area (Å²) in [4.78, 5) is 0. The molecule has 0 fully saturated rings. The molecule has 0 atom stereocenters. The largest absolute Gasteiger partial charge is 0.508 e. The third-order valence-corrected chi connectivity index (χ3v) is 3.55. The molecule has 102 valence electrons. The molecule has 0 saturated carbocycles. The molecule has 1 aromatic rings. The second-order valence-electron chi connectivity index (χ2n) is 5.18. The van der Waals surface area contributed by atoms with Crippen molar-refractivity contribution in [2.75, 3.05) is 0 Å². The molecule has 1 aromatic carbocycles. The monoisotopic (exact) mass is 248 g/mol. The molecule has 0 amide bonds. The minimum absolute atomic E-state index is 0.495. The van der Waals surface area contributed by atoms with Crippen LogP contribution in [0.15, 0.2) is 18.2 Å². The predicted molar refractivity (Wildman–Crippen MR) is 79.2 cm³/mol. The van der Waals surface area contributed by atoms with Crippen molar-refractivity contribution in [1.29, 1.82) is 0 Å². The lowest BCUT2D eigenvalue weighted by atomic mass is 9.97. The molecule has 0 saturated heterocycles. The van der Waals surface area contributed by atoms with E-state index in [1.54, 1.807) is 0 Å². The summed E-state index contributed by atoms with van der Waals surface area (Å²) in [5.74, 6) is 0.495. The minimum atomic E-state index is 0.495. The highest BCUT2D eigenvalue weighted by atomic mass is 16.3. The lowest BCUT2D eigenvalue weighted by molar-refractivity contribution is 0.464. The van der Waals surface area contributed by atoms with Crippen molar-refractivity contribution < 1.29 is 5.11 Å². The Hall–Kier alpha value is -0.980. The van der Waals surface area contributed by atoms with Crippen LogP contribution in [-0.4, -0.2) is 5.11 Å². The minimum Gasteiger partial charge on any atom is -0.508 e. The highest BCUT2D eigenvalue weighted by molar-refractivity contribution is 5.39. The molecule has 0 aliphatic heterocycles. The second kappa shape index (κ2) is 9.02. The SMILES string of the molecule is CCCCCCCCc1c(O)cccc1CCC. The van der Waals surface area contributed by atoms with Crippen LogP contribution in [0.25, 0.3) is 0 Å². The first kappa shape index (κ1) is 15.1. The van der Waals surface area contributed by atoms with Gasteiger partial charge in [-0.15, -0.1) is 0 Å². The van der Waals surface area contributed by atoms with Gasteiger partial charge in [0.2, 0.25) is 0 Å². The molecule has 0 radical (unpaired) electrons. The number of aromatic hydroxyl groups is 1. The van der Waals surface area contributed by atoms with Gasteiger partial charge in [-0.25, -0.2) is 0 Å². The molecule has 0 aliphatic carbocycles. The summed E-state index contributed by atoms with van der Waals surface area (Å²) in [6.07, 6.45) is 11.1. The van der Waals surface area contributed by atoms with E-state index in [-0.39, 0.29) is 0 Å². The molecule has 0 spiro atoms. The second-order valence-corrected chi connectivity index (χ2v) is 5.18. The third-order valence-electron chi connectivity index (χ3n) is 3.55. The van der Waals surface area contributed by atoms with E-state index in [4.69, 9.17) is 0 Å². The molecule has 0 heterocycles. The van der Waals surface area contributed by atoms with Crippen LogP contribution in [0.2, 0.25) is 0 Å². The van der Waals surface area contributed by atoms with Crippen molar-refractivity contribution in [2.45, 2.75) is 71.6 Å². The number of benzene rings is 1. The third kappa shape index (κ3) is 5.12. The fraction of sp³-hybridized carbons (Fsp3) is 0.647. The average molecular weight is 248 g/mol. The fourth-order valence-corrected chi connectivity index (χ4v) is 2.50. The zero-order valence-corrected chi connectivity index (χ0v) is 12.0. The first-order valence-electron chi connectivity index (χ1n) is 7.59. The summed E-state index contributed by atoms with van der Waals surface area (Å²) in [5, 5.41) is 9.96. The first-order chi connectivity index (χ1) is 8.79. The molecule has 0 bridgehead atoms. The van der Waals surface area contributed by atoms with E-state index >= 15 is 0 Å². The van der Waals surface area contributed by atoms with Gasteiger partial charge in [0.25, 0.3) is 0 Å². The Morgan fingerprint density at radius 3 is 2.28 bits per heavy atom. The Bertz CT molecular complexity index is 330. The van der Waals surface area contributed by atoms with Crippen LogP contribution >= 0.6 is 0 Å². The smallest absolute Gasteiger partial charge is 0.119 e. The van der Waals surface area contributed by atoms with E-state index in [1.165, 1.54) is 49.7 Å². The van der Waals surface area contributed by atoms with E-state index in [2.05, 4.69) is 19.9 Å². The number of rotatable bonds is 9. The Morgan fingerprint density at radius 2 is 1.56 bits per heavy atom. The zero-order chi connectivity index (χ0) is 13.2. The molecule has 0 unspecified atom stereocenters. The van der Waals surface area contributed by atoms with Gasteiger partial charge in [-0.05, 0) is 36.5 Å². The number of hydrogen-bond acceptors (Lipinski definition) is 1. The maximum absolute atomic E-state index is 9.96. The maximum Gasteiger partial charge on any atom is 0.119 e. The van der Waals surface area contributed by atoms with Crippen LogP contribution in [0.1, 0.15) is 69.9 Å². The number of phenolic OH excluding ortho intramolecular Hbond substituents is 1. The highest BCUT2D eigenvalue weighted by Gasteiger charge is 2.06. The Labute approximate surface area is 112 Å². The van der Waals surface area contributed by atoms with Crippen molar-refractivity contribution in [1.82, 2.24) is 0 Å². The molecule has 0 aromatic heterocycles. The molecule has 18 heavy (non-hydrogen) atoms. The average Bonchev–Trinajstić information content (AvgIpc) is 2.36. The van der Waals surface area contributed by atoms with Crippen molar-refractivity contribution in [3.8, 4) is 5.75 Å². The van der Waals surface area contributed by atoms with Crippen LogP contribution in [0.4, 0.5) is 0 Å². The number of phenols is 1. The molecule has 1 N–H and O–H groups in total. The van der Waals surface area contributed by atoms with Gasteiger partial charge in [-0.1, -0.05) is 64.5 Å². The molecule has 1 heteroatoms. The Balaban J connectivity index is 2.40. The predicted octanol–water partition coefficient (Wildman–Crippen LogP) is 5.25. The molecule has 0 aliphatic rings. The van der Waals surface area contributed by atoms with E-state index in [9.17, 15) is 5.11 Å². The van der Waals surface area contributed by atoms with Gasteiger partial charge >= 0.3 is 0 Å². The van der Waals surface area contributed by atoms with Gasteiger partial charge in [0.05, 0.1) is 0 Å². The van der Waals surface area contributed by atoms with Crippen molar-refractivity contribution in [3.63, 3.8) is 0 Å². The summed E-state index contributed by atoms with van der Waals surface area (Å²) >= 11 is 0. The lowest BCUT2D eigenvalue weighted by Gasteiger charge is -2.10. The molecule has 1 nitrogen and oxygen atoms in total. The van der Waals surface area contributed by atoms with Gasteiger partial charge in [-0.3, -0.25) is 0 Å². The summed E-state index contributed by atoms with van der Waals surface area (Å²) in [7, 11) is 0. The normalized spacial score (nSPS) is 10.8. The number of aryl methyl sites for hydroxylation is 1.